The van der Waals surface area contributed by atoms with Crippen molar-refractivity contribution in [2.24, 2.45) is 5.92 Å². The fraction of sp³-hybridized carbons (Fsp3) is 0.850. The standard InChI is InChI=1S/C20H34N4O3/c1-16-7-9-20(10-8-16)18(26)24(19(27)22-20)15-17(25)21-11-6-14-23-12-4-2-3-5-13-23/h16H,2-15H2,1H3,(H,21,25)(H,22,27). The van der Waals surface area contributed by atoms with Gasteiger partial charge in [0.1, 0.15) is 12.1 Å². The SMILES string of the molecule is CC1CCC2(CC1)NC(=O)N(CC(=O)NCCCN1CCCCCC1)C2=O. The Balaban J connectivity index is 1.40. The first-order valence-corrected chi connectivity index (χ1v) is 10.6. The van der Waals surface area contributed by atoms with Gasteiger partial charge in [-0.05, 0) is 70.5 Å². The van der Waals surface area contributed by atoms with Gasteiger partial charge in [-0.1, -0.05) is 19.8 Å². The van der Waals surface area contributed by atoms with Crippen molar-refractivity contribution in [3.05, 3.63) is 0 Å². The van der Waals surface area contributed by atoms with Crippen molar-refractivity contribution in [3.63, 3.8) is 0 Å². The molecule has 2 aliphatic heterocycles. The molecule has 3 fully saturated rings. The van der Waals surface area contributed by atoms with E-state index in [0.717, 1.165) is 43.8 Å². The first-order chi connectivity index (χ1) is 13.0. The Hall–Kier alpha value is -1.63. The second-order valence-electron chi connectivity index (χ2n) is 8.55. The lowest BCUT2D eigenvalue weighted by Crippen LogP contribution is -2.50. The van der Waals surface area contributed by atoms with Crippen LogP contribution in [0.2, 0.25) is 0 Å². The molecule has 1 spiro atoms. The van der Waals surface area contributed by atoms with E-state index in [2.05, 4.69) is 22.5 Å². The first-order valence-electron chi connectivity index (χ1n) is 10.6. The Morgan fingerprint density at radius 2 is 1.81 bits per heavy atom. The molecule has 3 aliphatic rings. The van der Waals surface area contributed by atoms with Gasteiger partial charge in [-0.25, -0.2) is 4.79 Å². The molecule has 0 aromatic rings. The Morgan fingerprint density at radius 3 is 2.48 bits per heavy atom. The lowest BCUT2D eigenvalue weighted by molar-refractivity contribution is -0.136. The van der Waals surface area contributed by atoms with Gasteiger partial charge in [0.15, 0.2) is 0 Å². The lowest BCUT2D eigenvalue weighted by Gasteiger charge is -2.33. The highest BCUT2D eigenvalue weighted by Crippen LogP contribution is 2.36. The third-order valence-electron chi connectivity index (χ3n) is 6.35. The zero-order valence-electron chi connectivity index (χ0n) is 16.6. The van der Waals surface area contributed by atoms with Crippen LogP contribution in [0.1, 0.15) is 64.7 Å². The molecule has 0 bridgehead atoms. The van der Waals surface area contributed by atoms with Crippen LogP contribution in [-0.4, -0.2) is 65.9 Å². The number of hydrogen-bond donors (Lipinski definition) is 2. The highest BCUT2D eigenvalue weighted by molar-refractivity contribution is 6.09. The summed E-state index contributed by atoms with van der Waals surface area (Å²) in [5.41, 5.74) is -0.767. The lowest BCUT2D eigenvalue weighted by atomic mass is 9.77. The number of amides is 4. The largest absolute Gasteiger partial charge is 0.354 e. The van der Waals surface area contributed by atoms with Gasteiger partial charge in [-0.15, -0.1) is 0 Å². The van der Waals surface area contributed by atoms with E-state index in [-0.39, 0.29) is 18.4 Å². The van der Waals surface area contributed by atoms with Gasteiger partial charge in [-0.3, -0.25) is 14.5 Å². The summed E-state index contributed by atoms with van der Waals surface area (Å²) >= 11 is 0. The van der Waals surface area contributed by atoms with Crippen LogP contribution in [0.15, 0.2) is 0 Å². The second kappa shape index (κ2) is 9.04. The van der Waals surface area contributed by atoms with Gasteiger partial charge >= 0.3 is 6.03 Å². The summed E-state index contributed by atoms with van der Waals surface area (Å²) in [4.78, 5) is 40.8. The van der Waals surface area contributed by atoms with Crippen molar-refractivity contribution in [1.29, 1.82) is 0 Å². The van der Waals surface area contributed by atoms with Crippen molar-refractivity contribution >= 4 is 17.8 Å². The maximum absolute atomic E-state index is 12.8. The molecular weight excluding hydrogens is 344 g/mol. The van der Waals surface area contributed by atoms with E-state index in [0.29, 0.717) is 25.3 Å². The van der Waals surface area contributed by atoms with E-state index < -0.39 is 11.6 Å². The number of hydrogen-bond acceptors (Lipinski definition) is 4. The van der Waals surface area contributed by atoms with E-state index in [9.17, 15) is 14.4 Å². The number of rotatable bonds is 6. The molecule has 7 nitrogen and oxygen atoms in total. The molecule has 0 radical (unpaired) electrons. The topological polar surface area (TPSA) is 81.8 Å². The Kier molecular flexibility index (Phi) is 6.73. The van der Waals surface area contributed by atoms with E-state index in [1.165, 1.54) is 25.7 Å². The minimum Gasteiger partial charge on any atom is -0.354 e. The van der Waals surface area contributed by atoms with Crippen molar-refractivity contribution in [2.45, 2.75) is 70.3 Å². The van der Waals surface area contributed by atoms with Crippen molar-refractivity contribution in [2.75, 3.05) is 32.7 Å². The molecule has 7 heteroatoms. The number of urea groups is 1. The van der Waals surface area contributed by atoms with Gasteiger partial charge in [-0.2, -0.15) is 0 Å². The normalized spacial score (nSPS) is 29.7. The number of carbonyl (C=O) groups is 3. The van der Waals surface area contributed by atoms with Crippen LogP contribution in [0.4, 0.5) is 4.79 Å². The van der Waals surface area contributed by atoms with Crippen molar-refractivity contribution in [1.82, 2.24) is 20.4 Å². The van der Waals surface area contributed by atoms with Crippen LogP contribution in [0.5, 0.6) is 0 Å². The molecule has 152 valence electrons. The van der Waals surface area contributed by atoms with E-state index in [4.69, 9.17) is 0 Å². The maximum atomic E-state index is 12.8. The first kappa shape index (κ1) is 20.1. The van der Waals surface area contributed by atoms with Gasteiger partial charge in [0, 0.05) is 6.54 Å². The Labute approximate surface area is 162 Å². The summed E-state index contributed by atoms with van der Waals surface area (Å²) in [6.45, 7) is 5.87. The average Bonchev–Trinajstić information content (AvgIpc) is 2.84. The minimum atomic E-state index is -0.767. The molecule has 2 saturated heterocycles. The van der Waals surface area contributed by atoms with Crippen molar-refractivity contribution in [3.8, 4) is 0 Å². The molecule has 3 rings (SSSR count). The third kappa shape index (κ3) is 5.00. The van der Waals surface area contributed by atoms with Crippen LogP contribution in [0.25, 0.3) is 0 Å². The number of nitrogens with one attached hydrogen (secondary N) is 2. The second-order valence-corrected chi connectivity index (χ2v) is 8.55. The number of imide groups is 1. The van der Waals surface area contributed by atoms with Crippen LogP contribution in [0, 0.1) is 5.92 Å². The molecule has 0 aromatic heterocycles. The average molecular weight is 379 g/mol. The van der Waals surface area contributed by atoms with Crippen LogP contribution < -0.4 is 10.6 Å². The molecule has 2 heterocycles. The fourth-order valence-electron chi connectivity index (χ4n) is 4.50. The van der Waals surface area contributed by atoms with Gasteiger partial charge in [0.05, 0.1) is 0 Å². The predicted molar refractivity (Wildman–Crippen MR) is 103 cm³/mol. The summed E-state index contributed by atoms with van der Waals surface area (Å²) < 4.78 is 0. The minimum absolute atomic E-state index is 0.175. The molecule has 0 atom stereocenters. The van der Waals surface area contributed by atoms with Crippen LogP contribution in [0.3, 0.4) is 0 Å². The zero-order chi connectivity index (χ0) is 19.3. The van der Waals surface area contributed by atoms with Crippen LogP contribution in [-0.2, 0) is 9.59 Å². The summed E-state index contributed by atoms with van der Waals surface area (Å²) in [5, 5.41) is 5.73. The van der Waals surface area contributed by atoms with Gasteiger partial charge in [0.25, 0.3) is 5.91 Å². The maximum Gasteiger partial charge on any atom is 0.325 e. The Morgan fingerprint density at radius 1 is 1.15 bits per heavy atom. The molecule has 4 amide bonds. The highest BCUT2D eigenvalue weighted by Gasteiger charge is 2.52. The molecule has 0 unspecified atom stereocenters. The third-order valence-corrected chi connectivity index (χ3v) is 6.35. The van der Waals surface area contributed by atoms with E-state index in [1.807, 2.05) is 0 Å². The molecule has 0 aromatic carbocycles. The predicted octanol–water partition coefficient (Wildman–Crippen LogP) is 1.87. The molecule has 27 heavy (non-hydrogen) atoms. The van der Waals surface area contributed by atoms with E-state index >= 15 is 0 Å². The molecule has 1 saturated carbocycles. The summed E-state index contributed by atoms with van der Waals surface area (Å²) in [6.07, 6.45) is 9.27. The fourth-order valence-corrected chi connectivity index (χ4v) is 4.50. The Bertz CT molecular complexity index is 549. The summed E-state index contributed by atoms with van der Waals surface area (Å²) in [6, 6.07) is -0.422. The van der Waals surface area contributed by atoms with Gasteiger partial charge in [0.2, 0.25) is 5.91 Å². The smallest absolute Gasteiger partial charge is 0.325 e. The molecule has 2 N–H and O–H groups in total. The summed E-state index contributed by atoms with van der Waals surface area (Å²) in [5.74, 6) is 0.108. The van der Waals surface area contributed by atoms with Crippen molar-refractivity contribution < 1.29 is 14.4 Å². The number of nitrogens with zero attached hydrogens (tertiary/aromatic N) is 2. The molecule has 1 aliphatic carbocycles. The highest BCUT2D eigenvalue weighted by atomic mass is 16.2. The number of likely N-dealkylation sites (tertiary alicyclic amines) is 1. The zero-order valence-corrected chi connectivity index (χ0v) is 16.6. The van der Waals surface area contributed by atoms with E-state index in [1.54, 1.807) is 0 Å². The monoisotopic (exact) mass is 378 g/mol. The number of carbonyl (C=O) groups excluding carboxylic acids is 3. The summed E-state index contributed by atoms with van der Waals surface area (Å²) in [7, 11) is 0. The van der Waals surface area contributed by atoms with Gasteiger partial charge < -0.3 is 15.5 Å². The quantitative estimate of drug-likeness (QED) is 0.546. The molecular formula is C20H34N4O3. The van der Waals surface area contributed by atoms with Crippen LogP contribution >= 0.6 is 0 Å².